The molecule has 3 rings (SSSR count). The SMILES string of the molecule is CN(CCO)C1=C(c2cccs2)C(=O)N(c2ccc(C(F)(F)F)cc2)C1=O. The Labute approximate surface area is 156 Å². The van der Waals surface area contributed by atoms with Crippen molar-refractivity contribution in [2.45, 2.75) is 6.18 Å². The van der Waals surface area contributed by atoms with Gasteiger partial charge in [0.25, 0.3) is 11.8 Å². The Hall–Kier alpha value is -2.65. The molecule has 2 heterocycles. The third-order valence-corrected chi connectivity index (χ3v) is 4.98. The summed E-state index contributed by atoms with van der Waals surface area (Å²) in [6, 6.07) is 7.27. The number of rotatable bonds is 5. The molecule has 27 heavy (non-hydrogen) atoms. The number of thiophene rings is 1. The van der Waals surface area contributed by atoms with E-state index >= 15 is 0 Å². The second kappa shape index (κ2) is 7.16. The fourth-order valence-corrected chi connectivity index (χ4v) is 3.57. The lowest BCUT2D eigenvalue weighted by molar-refractivity contribution is -0.137. The summed E-state index contributed by atoms with van der Waals surface area (Å²) >= 11 is 1.27. The molecule has 5 nitrogen and oxygen atoms in total. The van der Waals surface area contributed by atoms with E-state index in [1.165, 1.54) is 16.2 Å². The average Bonchev–Trinajstić information content (AvgIpc) is 3.20. The molecule has 1 aromatic heterocycles. The summed E-state index contributed by atoms with van der Waals surface area (Å²) in [6.45, 7) is -0.0937. The third kappa shape index (κ3) is 3.47. The second-order valence-corrected chi connectivity index (χ2v) is 6.78. The van der Waals surface area contributed by atoms with Gasteiger partial charge in [-0.3, -0.25) is 9.59 Å². The van der Waals surface area contributed by atoms with Gasteiger partial charge in [0.05, 0.1) is 23.4 Å². The maximum absolute atomic E-state index is 13.0. The van der Waals surface area contributed by atoms with Gasteiger partial charge < -0.3 is 10.0 Å². The Morgan fingerprint density at radius 1 is 1.11 bits per heavy atom. The second-order valence-electron chi connectivity index (χ2n) is 5.84. The molecule has 0 saturated heterocycles. The number of hydrogen-bond acceptors (Lipinski definition) is 5. The van der Waals surface area contributed by atoms with E-state index in [0.717, 1.165) is 29.2 Å². The molecule has 142 valence electrons. The highest BCUT2D eigenvalue weighted by atomic mass is 32.1. The number of aliphatic hydroxyl groups is 1. The van der Waals surface area contributed by atoms with Crippen LogP contribution in [-0.2, 0) is 15.8 Å². The molecule has 1 aromatic carbocycles. The van der Waals surface area contributed by atoms with E-state index < -0.39 is 23.6 Å². The topological polar surface area (TPSA) is 60.9 Å². The van der Waals surface area contributed by atoms with E-state index in [9.17, 15) is 27.9 Å². The number of anilines is 1. The predicted molar refractivity (Wildman–Crippen MR) is 94.9 cm³/mol. The van der Waals surface area contributed by atoms with Gasteiger partial charge in [-0.1, -0.05) is 6.07 Å². The smallest absolute Gasteiger partial charge is 0.395 e. The van der Waals surface area contributed by atoms with Crippen LogP contribution in [0.5, 0.6) is 0 Å². The standard InChI is InChI=1S/C18H15F3N2O3S/c1-22(8-9-24)15-14(13-3-2-10-27-13)16(25)23(17(15)26)12-6-4-11(5-7-12)18(19,20)21/h2-7,10,24H,8-9H2,1H3. The van der Waals surface area contributed by atoms with Crippen molar-refractivity contribution in [3.63, 3.8) is 0 Å². The van der Waals surface area contributed by atoms with E-state index in [1.54, 1.807) is 24.6 Å². The lowest BCUT2D eigenvalue weighted by Gasteiger charge is -2.20. The summed E-state index contributed by atoms with van der Waals surface area (Å²) in [5.41, 5.74) is -0.531. The van der Waals surface area contributed by atoms with Crippen molar-refractivity contribution < 1.29 is 27.9 Å². The number of halogens is 3. The number of carbonyl (C=O) groups excluding carboxylic acids is 2. The third-order valence-electron chi connectivity index (χ3n) is 4.10. The molecule has 1 aliphatic rings. The first-order valence-electron chi connectivity index (χ1n) is 7.92. The van der Waals surface area contributed by atoms with Gasteiger partial charge in [0.2, 0.25) is 0 Å². The van der Waals surface area contributed by atoms with Crippen LogP contribution < -0.4 is 4.90 Å². The van der Waals surface area contributed by atoms with Gasteiger partial charge in [0, 0.05) is 18.5 Å². The Balaban J connectivity index is 2.03. The van der Waals surface area contributed by atoms with E-state index in [4.69, 9.17) is 0 Å². The van der Waals surface area contributed by atoms with Gasteiger partial charge in [-0.25, -0.2) is 4.90 Å². The lowest BCUT2D eigenvalue weighted by atomic mass is 10.1. The minimum Gasteiger partial charge on any atom is -0.395 e. The Bertz CT molecular complexity index is 890. The molecule has 0 fully saturated rings. The first-order chi connectivity index (χ1) is 12.8. The van der Waals surface area contributed by atoms with Crippen LogP contribution in [0.2, 0.25) is 0 Å². The van der Waals surface area contributed by atoms with E-state index in [0.29, 0.717) is 4.88 Å². The quantitative estimate of drug-likeness (QED) is 0.790. The van der Waals surface area contributed by atoms with Gasteiger partial charge >= 0.3 is 6.18 Å². The van der Waals surface area contributed by atoms with Crippen LogP contribution >= 0.6 is 11.3 Å². The summed E-state index contributed by atoms with van der Waals surface area (Å²) in [5.74, 6) is -1.25. The molecule has 0 saturated carbocycles. The zero-order valence-electron chi connectivity index (χ0n) is 14.2. The van der Waals surface area contributed by atoms with Crippen molar-refractivity contribution in [3.8, 4) is 0 Å². The van der Waals surface area contributed by atoms with Crippen LogP contribution in [0.3, 0.4) is 0 Å². The maximum atomic E-state index is 13.0. The molecule has 0 spiro atoms. The van der Waals surface area contributed by atoms with Gasteiger partial charge in [0.15, 0.2) is 0 Å². The Morgan fingerprint density at radius 2 is 1.78 bits per heavy atom. The van der Waals surface area contributed by atoms with E-state index in [2.05, 4.69) is 0 Å². The number of carbonyl (C=O) groups is 2. The number of likely N-dealkylation sites (N-methyl/N-ethyl adjacent to an activating group) is 1. The van der Waals surface area contributed by atoms with E-state index in [-0.39, 0.29) is 30.1 Å². The number of amides is 2. The molecule has 1 aliphatic heterocycles. The molecule has 0 unspecified atom stereocenters. The number of hydrogen-bond donors (Lipinski definition) is 1. The molecule has 9 heteroatoms. The molecule has 2 aromatic rings. The molecule has 0 bridgehead atoms. The van der Waals surface area contributed by atoms with Gasteiger partial charge in [-0.05, 0) is 35.7 Å². The van der Waals surface area contributed by atoms with Crippen molar-refractivity contribution in [2.24, 2.45) is 0 Å². The highest BCUT2D eigenvalue weighted by Crippen LogP contribution is 2.37. The normalized spacial score (nSPS) is 15.1. The molecule has 0 radical (unpaired) electrons. The zero-order chi connectivity index (χ0) is 19.8. The van der Waals surface area contributed by atoms with Crippen molar-refractivity contribution >= 4 is 34.4 Å². The summed E-state index contributed by atoms with van der Waals surface area (Å²) < 4.78 is 38.3. The number of benzene rings is 1. The van der Waals surface area contributed by atoms with Crippen molar-refractivity contribution in [2.75, 3.05) is 25.1 Å². The molecular weight excluding hydrogens is 381 g/mol. The van der Waals surface area contributed by atoms with Crippen LogP contribution in [0.4, 0.5) is 18.9 Å². The first-order valence-corrected chi connectivity index (χ1v) is 8.80. The lowest BCUT2D eigenvalue weighted by Crippen LogP contribution is -2.34. The van der Waals surface area contributed by atoms with Crippen molar-refractivity contribution in [3.05, 3.63) is 57.9 Å². The highest BCUT2D eigenvalue weighted by molar-refractivity contribution is 7.11. The molecule has 0 atom stereocenters. The predicted octanol–water partition coefficient (Wildman–Crippen LogP) is 2.98. The molecule has 0 aliphatic carbocycles. The average molecular weight is 396 g/mol. The number of imide groups is 1. The van der Waals surface area contributed by atoms with Crippen LogP contribution in [0.25, 0.3) is 5.57 Å². The molecule has 2 amide bonds. The van der Waals surface area contributed by atoms with Gasteiger partial charge in [0.1, 0.15) is 5.70 Å². The van der Waals surface area contributed by atoms with E-state index in [1.807, 2.05) is 0 Å². The highest BCUT2D eigenvalue weighted by Gasteiger charge is 2.42. The van der Waals surface area contributed by atoms with Gasteiger partial charge in [-0.15, -0.1) is 11.3 Å². The fraction of sp³-hybridized carbons (Fsp3) is 0.222. The van der Waals surface area contributed by atoms with Crippen LogP contribution in [0, 0.1) is 0 Å². The fourth-order valence-electron chi connectivity index (χ4n) is 2.81. The summed E-state index contributed by atoms with van der Waals surface area (Å²) in [4.78, 5) is 28.8. The number of alkyl halides is 3. The molecule has 1 N–H and O–H groups in total. The minimum atomic E-state index is -4.51. The van der Waals surface area contributed by atoms with Crippen LogP contribution in [-0.4, -0.2) is 42.0 Å². The summed E-state index contributed by atoms with van der Waals surface area (Å²) in [7, 11) is 1.57. The van der Waals surface area contributed by atoms with Crippen molar-refractivity contribution in [1.29, 1.82) is 0 Å². The Morgan fingerprint density at radius 3 is 2.30 bits per heavy atom. The maximum Gasteiger partial charge on any atom is 0.416 e. The number of nitrogens with zero attached hydrogens (tertiary/aromatic N) is 2. The number of aliphatic hydroxyl groups excluding tert-OH is 1. The Kier molecular flexibility index (Phi) is 5.07. The van der Waals surface area contributed by atoms with Gasteiger partial charge in [-0.2, -0.15) is 13.2 Å². The summed E-state index contributed by atoms with van der Waals surface area (Å²) in [5, 5.41) is 10.9. The van der Waals surface area contributed by atoms with Crippen LogP contribution in [0.15, 0.2) is 47.5 Å². The first kappa shape index (κ1) is 19.1. The minimum absolute atomic E-state index is 0.0551. The monoisotopic (exact) mass is 396 g/mol. The van der Waals surface area contributed by atoms with Crippen molar-refractivity contribution in [1.82, 2.24) is 4.90 Å². The zero-order valence-corrected chi connectivity index (χ0v) is 15.0. The van der Waals surface area contributed by atoms with Crippen LogP contribution in [0.1, 0.15) is 10.4 Å². The largest absolute Gasteiger partial charge is 0.416 e. The summed E-state index contributed by atoms with van der Waals surface area (Å²) in [6.07, 6.45) is -4.51. The molecular formula is C18H15F3N2O3S.